The lowest BCUT2D eigenvalue weighted by molar-refractivity contribution is 0.632. The third kappa shape index (κ3) is 2.92. The summed E-state index contributed by atoms with van der Waals surface area (Å²) in [6.45, 7) is 0. The number of nitrogens with one attached hydrogen (secondary N) is 1. The lowest BCUT2D eigenvalue weighted by atomic mass is 10.0. The van der Waals surface area contributed by atoms with Crippen molar-refractivity contribution in [3.8, 4) is 0 Å². The second kappa shape index (κ2) is 5.42. The molecule has 3 N–H and O–H groups in total. The van der Waals surface area contributed by atoms with Gasteiger partial charge in [-0.3, -0.25) is 5.84 Å². The zero-order valence-electron chi connectivity index (χ0n) is 8.77. The van der Waals surface area contributed by atoms with Gasteiger partial charge in [0.15, 0.2) is 0 Å². The van der Waals surface area contributed by atoms with Crippen molar-refractivity contribution >= 4 is 23.2 Å². The maximum absolute atomic E-state index is 5.95. The van der Waals surface area contributed by atoms with Crippen molar-refractivity contribution in [3.05, 3.63) is 58.1 Å². The van der Waals surface area contributed by atoms with Crippen molar-refractivity contribution in [1.82, 2.24) is 15.4 Å². The lowest BCUT2D eigenvalue weighted by Gasteiger charge is -2.16. The Bertz CT molecular complexity index is 484. The fourth-order valence-corrected chi connectivity index (χ4v) is 2.13. The Morgan fingerprint density at radius 1 is 1.00 bits per heavy atom. The van der Waals surface area contributed by atoms with Crippen molar-refractivity contribution < 1.29 is 0 Å². The summed E-state index contributed by atoms with van der Waals surface area (Å²) in [5.41, 5.74) is 4.39. The molecule has 1 heterocycles. The fourth-order valence-electron chi connectivity index (χ4n) is 1.59. The van der Waals surface area contributed by atoms with Crippen LogP contribution in [0.5, 0.6) is 0 Å². The van der Waals surface area contributed by atoms with Gasteiger partial charge in [0.25, 0.3) is 0 Å². The van der Waals surface area contributed by atoms with Gasteiger partial charge in [-0.2, -0.15) is 0 Å². The van der Waals surface area contributed by atoms with Crippen LogP contribution in [0, 0.1) is 0 Å². The van der Waals surface area contributed by atoms with Crippen LogP contribution in [0.2, 0.25) is 10.0 Å². The largest absolute Gasteiger partial charge is 0.271 e. The molecule has 1 aromatic carbocycles. The molecule has 4 nitrogen and oxygen atoms in total. The molecule has 0 saturated heterocycles. The molecule has 1 unspecified atom stereocenters. The predicted molar refractivity (Wildman–Crippen MR) is 67.7 cm³/mol. The van der Waals surface area contributed by atoms with Crippen LogP contribution in [0.1, 0.15) is 17.2 Å². The predicted octanol–water partition coefficient (Wildman–Crippen LogP) is 2.34. The van der Waals surface area contributed by atoms with Gasteiger partial charge in [0.1, 0.15) is 6.33 Å². The van der Waals surface area contributed by atoms with E-state index in [1.54, 1.807) is 30.6 Å². The topological polar surface area (TPSA) is 63.8 Å². The van der Waals surface area contributed by atoms with Gasteiger partial charge in [-0.05, 0) is 23.8 Å². The summed E-state index contributed by atoms with van der Waals surface area (Å²) in [4.78, 5) is 7.90. The molecule has 1 atom stereocenters. The van der Waals surface area contributed by atoms with Crippen LogP contribution in [0.3, 0.4) is 0 Å². The second-order valence-corrected chi connectivity index (χ2v) is 4.35. The number of hydrogen-bond acceptors (Lipinski definition) is 4. The Hall–Kier alpha value is -1.20. The minimum atomic E-state index is -0.243. The number of aromatic nitrogens is 2. The standard InChI is InChI=1S/C11H10Cl2N4/c12-9-1-7(2-10(13)3-9)11(17-14)8-4-15-6-16-5-8/h1-6,11,17H,14H2. The van der Waals surface area contributed by atoms with E-state index in [9.17, 15) is 0 Å². The minimum Gasteiger partial charge on any atom is -0.271 e. The van der Waals surface area contributed by atoms with Crippen molar-refractivity contribution in [3.63, 3.8) is 0 Å². The van der Waals surface area contributed by atoms with Crippen molar-refractivity contribution in [1.29, 1.82) is 0 Å². The summed E-state index contributed by atoms with van der Waals surface area (Å²) in [5, 5.41) is 1.12. The first kappa shape index (κ1) is 12.3. The number of rotatable bonds is 3. The normalized spacial score (nSPS) is 12.4. The monoisotopic (exact) mass is 268 g/mol. The van der Waals surface area contributed by atoms with Crippen LogP contribution in [0.4, 0.5) is 0 Å². The molecule has 1 aromatic heterocycles. The summed E-state index contributed by atoms with van der Waals surface area (Å²) >= 11 is 11.9. The lowest BCUT2D eigenvalue weighted by Crippen LogP contribution is -2.29. The summed E-state index contributed by atoms with van der Waals surface area (Å²) in [6, 6.07) is 5.02. The third-order valence-corrected chi connectivity index (χ3v) is 2.74. The molecule has 0 aliphatic rings. The first-order chi connectivity index (χ1) is 8.20. The third-order valence-electron chi connectivity index (χ3n) is 2.30. The van der Waals surface area contributed by atoms with Gasteiger partial charge in [0.2, 0.25) is 0 Å². The number of hydrazine groups is 1. The van der Waals surface area contributed by atoms with Gasteiger partial charge in [-0.15, -0.1) is 0 Å². The van der Waals surface area contributed by atoms with E-state index in [1.165, 1.54) is 6.33 Å². The maximum Gasteiger partial charge on any atom is 0.115 e. The van der Waals surface area contributed by atoms with E-state index in [1.807, 2.05) is 0 Å². The second-order valence-electron chi connectivity index (χ2n) is 3.47. The number of nitrogens with two attached hydrogens (primary N) is 1. The summed E-state index contributed by atoms with van der Waals surface area (Å²) in [5.74, 6) is 5.55. The highest BCUT2D eigenvalue weighted by atomic mass is 35.5. The summed E-state index contributed by atoms with van der Waals surface area (Å²) in [6.07, 6.45) is 4.83. The van der Waals surface area contributed by atoms with Crippen LogP contribution in [0.15, 0.2) is 36.9 Å². The Morgan fingerprint density at radius 2 is 1.59 bits per heavy atom. The zero-order chi connectivity index (χ0) is 12.3. The molecule has 0 spiro atoms. The minimum absolute atomic E-state index is 0.243. The first-order valence-corrected chi connectivity index (χ1v) is 5.63. The van der Waals surface area contributed by atoms with Gasteiger partial charge >= 0.3 is 0 Å². The van der Waals surface area contributed by atoms with Gasteiger partial charge in [0.05, 0.1) is 6.04 Å². The van der Waals surface area contributed by atoms with E-state index < -0.39 is 0 Å². The Kier molecular flexibility index (Phi) is 3.91. The molecule has 0 aliphatic heterocycles. The van der Waals surface area contributed by atoms with Crippen LogP contribution in [-0.4, -0.2) is 9.97 Å². The Morgan fingerprint density at radius 3 is 2.12 bits per heavy atom. The Labute approximate surface area is 109 Å². The molecule has 0 saturated carbocycles. The molecule has 0 fully saturated rings. The van der Waals surface area contributed by atoms with E-state index in [4.69, 9.17) is 29.0 Å². The van der Waals surface area contributed by atoms with E-state index >= 15 is 0 Å². The highest BCUT2D eigenvalue weighted by molar-refractivity contribution is 6.34. The smallest absolute Gasteiger partial charge is 0.115 e. The highest BCUT2D eigenvalue weighted by Gasteiger charge is 2.14. The van der Waals surface area contributed by atoms with E-state index in [2.05, 4.69) is 15.4 Å². The van der Waals surface area contributed by atoms with Gasteiger partial charge in [-0.25, -0.2) is 15.4 Å². The molecule has 17 heavy (non-hydrogen) atoms. The highest BCUT2D eigenvalue weighted by Crippen LogP contribution is 2.26. The average molecular weight is 269 g/mol. The van der Waals surface area contributed by atoms with Gasteiger partial charge in [-0.1, -0.05) is 23.2 Å². The number of benzene rings is 1. The average Bonchev–Trinajstić information content (AvgIpc) is 2.30. The van der Waals surface area contributed by atoms with Gasteiger partial charge in [0, 0.05) is 28.0 Å². The summed E-state index contributed by atoms with van der Waals surface area (Å²) in [7, 11) is 0. The van der Waals surface area contributed by atoms with Gasteiger partial charge < -0.3 is 0 Å². The van der Waals surface area contributed by atoms with Crippen molar-refractivity contribution in [2.75, 3.05) is 0 Å². The molecule has 6 heteroatoms. The molecule has 0 aliphatic carbocycles. The molecular formula is C11H10Cl2N4. The fraction of sp³-hybridized carbons (Fsp3) is 0.0909. The molecule has 88 valence electrons. The number of nitrogens with zero attached hydrogens (tertiary/aromatic N) is 2. The van der Waals surface area contributed by atoms with Crippen LogP contribution in [0.25, 0.3) is 0 Å². The van der Waals surface area contributed by atoms with Crippen LogP contribution in [-0.2, 0) is 0 Å². The molecule has 0 amide bonds. The van der Waals surface area contributed by atoms with Crippen molar-refractivity contribution in [2.45, 2.75) is 6.04 Å². The Balaban J connectivity index is 2.42. The first-order valence-electron chi connectivity index (χ1n) is 4.87. The SMILES string of the molecule is NNC(c1cncnc1)c1cc(Cl)cc(Cl)c1. The number of hydrogen-bond donors (Lipinski definition) is 2. The quantitative estimate of drug-likeness (QED) is 0.663. The molecule has 0 radical (unpaired) electrons. The van der Waals surface area contributed by atoms with E-state index in [0.29, 0.717) is 10.0 Å². The zero-order valence-corrected chi connectivity index (χ0v) is 10.3. The summed E-state index contributed by atoms with van der Waals surface area (Å²) < 4.78 is 0. The van der Waals surface area contributed by atoms with E-state index in [0.717, 1.165) is 11.1 Å². The number of halogens is 2. The molecule has 2 rings (SSSR count). The van der Waals surface area contributed by atoms with Crippen LogP contribution >= 0.6 is 23.2 Å². The maximum atomic E-state index is 5.95. The molecule has 2 aromatic rings. The van der Waals surface area contributed by atoms with Crippen molar-refractivity contribution in [2.24, 2.45) is 5.84 Å². The van der Waals surface area contributed by atoms with E-state index in [-0.39, 0.29) is 6.04 Å². The van der Waals surface area contributed by atoms with Crippen LogP contribution < -0.4 is 11.3 Å². The molecular weight excluding hydrogens is 259 g/mol. The molecule has 0 bridgehead atoms.